The first kappa shape index (κ1) is 16.0. The minimum atomic E-state index is 0.119. The molecule has 0 saturated heterocycles. The zero-order valence-electron chi connectivity index (χ0n) is 11.8. The van der Waals surface area contributed by atoms with E-state index in [-0.39, 0.29) is 5.91 Å². The van der Waals surface area contributed by atoms with E-state index in [4.69, 9.17) is 0 Å². The average molecular weight is 413 g/mol. The van der Waals surface area contributed by atoms with E-state index in [0.29, 0.717) is 12.3 Å². The largest absolute Gasteiger partial charge is 0.340 e. The molecule has 0 unspecified atom stereocenters. The van der Waals surface area contributed by atoms with Gasteiger partial charge < -0.3 is 4.90 Å². The van der Waals surface area contributed by atoms with Gasteiger partial charge in [-0.2, -0.15) is 0 Å². The van der Waals surface area contributed by atoms with E-state index in [2.05, 4.69) is 33.0 Å². The zero-order valence-corrected chi connectivity index (χ0v) is 15.8. The van der Waals surface area contributed by atoms with Gasteiger partial charge in [0.15, 0.2) is 4.34 Å². The Balaban J connectivity index is 1.57. The lowest BCUT2D eigenvalue weighted by molar-refractivity contribution is -0.127. The highest BCUT2D eigenvalue weighted by atomic mass is 79.9. The second-order valence-corrected chi connectivity index (χ2v) is 8.88. The summed E-state index contributed by atoms with van der Waals surface area (Å²) >= 11 is 8.23. The number of thioether (sulfide) groups is 1. The Bertz CT molecular complexity index is 766. The fraction of sp³-hybridized carbons (Fsp3) is 0.200. The van der Waals surface area contributed by atoms with Crippen LogP contribution in [0.4, 0.5) is 0 Å². The number of carbonyl (C=O) groups is 1. The van der Waals surface area contributed by atoms with Crippen molar-refractivity contribution in [2.75, 3.05) is 12.8 Å². The molecule has 3 nitrogen and oxygen atoms in total. The third-order valence-corrected chi connectivity index (χ3v) is 6.88. The lowest BCUT2D eigenvalue weighted by Gasteiger charge is -2.15. The van der Waals surface area contributed by atoms with Crippen LogP contribution in [0, 0.1) is 0 Å². The fourth-order valence-electron chi connectivity index (χ4n) is 1.91. The molecule has 0 aliphatic carbocycles. The number of rotatable bonds is 5. The summed E-state index contributed by atoms with van der Waals surface area (Å²) in [6, 6.07) is 10.1. The van der Waals surface area contributed by atoms with Crippen LogP contribution >= 0.6 is 50.4 Å². The Morgan fingerprint density at radius 2 is 2.23 bits per heavy atom. The van der Waals surface area contributed by atoms with E-state index in [9.17, 15) is 4.79 Å². The van der Waals surface area contributed by atoms with Crippen molar-refractivity contribution in [1.82, 2.24) is 9.88 Å². The number of thiophene rings is 1. The summed E-state index contributed by atoms with van der Waals surface area (Å²) in [7, 11) is 1.84. The molecule has 114 valence electrons. The van der Waals surface area contributed by atoms with E-state index >= 15 is 0 Å². The number of thiazole rings is 1. The van der Waals surface area contributed by atoms with Crippen molar-refractivity contribution < 1.29 is 4.79 Å². The van der Waals surface area contributed by atoms with Crippen molar-refractivity contribution in [1.29, 1.82) is 0 Å². The van der Waals surface area contributed by atoms with Crippen molar-refractivity contribution in [3.63, 3.8) is 0 Å². The van der Waals surface area contributed by atoms with Crippen LogP contribution in [0.15, 0.2) is 44.5 Å². The monoisotopic (exact) mass is 412 g/mol. The summed E-state index contributed by atoms with van der Waals surface area (Å²) in [5.74, 6) is 0.539. The number of hydrogen-bond donors (Lipinski definition) is 0. The third kappa shape index (κ3) is 3.90. The molecule has 1 aromatic carbocycles. The van der Waals surface area contributed by atoms with Gasteiger partial charge >= 0.3 is 0 Å². The van der Waals surface area contributed by atoms with Gasteiger partial charge in [0.05, 0.1) is 22.5 Å². The van der Waals surface area contributed by atoms with Gasteiger partial charge in [-0.15, -0.1) is 22.7 Å². The molecule has 0 fully saturated rings. The third-order valence-electron chi connectivity index (χ3n) is 3.03. The number of hydrogen-bond acceptors (Lipinski definition) is 5. The predicted molar refractivity (Wildman–Crippen MR) is 98.8 cm³/mol. The summed E-state index contributed by atoms with van der Waals surface area (Å²) in [5, 5.41) is 2.03. The summed E-state index contributed by atoms with van der Waals surface area (Å²) < 4.78 is 3.17. The summed E-state index contributed by atoms with van der Waals surface area (Å²) in [5.41, 5.74) is 0.999. The van der Waals surface area contributed by atoms with Crippen molar-refractivity contribution in [2.45, 2.75) is 10.9 Å². The summed E-state index contributed by atoms with van der Waals surface area (Å²) in [6.45, 7) is 0.648. The number of nitrogens with zero attached hydrogens (tertiary/aromatic N) is 2. The molecular formula is C15H13BrN2OS3. The quantitative estimate of drug-likeness (QED) is 0.560. The van der Waals surface area contributed by atoms with E-state index in [1.807, 2.05) is 30.6 Å². The molecule has 2 aromatic heterocycles. The van der Waals surface area contributed by atoms with E-state index in [1.165, 1.54) is 16.6 Å². The summed E-state index contributed by atoms with van der Waals surface area (Å²) in [4.78, 5) is 19.7. The van der Waals surface area contributed by atoms with Crippen LogP contribution in [0.5, 0.6) is 0 Å². The Morgan fingerprint density at radius 1 is 1.41 bits per heavy atom. The maximum absolute atomic E-state index is 12.2. The zero-order chi connectivity index (χ0) is 15.5. The second-order valence-electron chi connectivity index (χ2n) is 4.72. The van der Waals surface area contributed by atoms with Gasteiger partial charge in [-0.1, -0.05) is 23.9 Å². The highest BCUT2D eigenvalue weighted by molar-refractivity contribution is 9.10. The molecule has 2 heterocycles. The molecule has 1 amide bonds. The smallest absolute Gasteiger partial charge is 0.233 e. The van der Waals surface area contributed by atoms with Gasteiger partial charge in [-0.3, -0.25) is 4.79 Å². The summed E-state index contributed by atoms with van der Waals surface area (Å²) in [6.07, 6.45) is 0. The molecule has 0 radical (unpaired) electrons. The normalized spacial score (nSPS) is 11.0. The first-order chi connectivity index (χ1) is 10.6. The molecule has 3 aromatic rings. The van der Waals surface area contributed by atoms with Crippen LogP contribution in [0.1, 0.15) is 4.88 Å². The molecule has 0 bridgehead atoms. The van der Waals surface area contributed by atoms with E-state index in [0.717, 1.165) is 19.0 Å². The van der Waals surface area contributed by atoms with Crippen LogP contribution in [0.3, 0.4) is 0 Å². The number of amides is 1. The first-order valence-corrected chi connectivity index (χ1v) is 10.0. The van der Waals surface area contributed by atoms with Crippen LogP contribution in [0.25, 0.3) is 10.2 Å². The number of carbonyl (C=O) groups excluding carboxylic acids is 1. The maximum Gasteiger partial charge on any atom is 0.233 e. The van der Waals surface area contributed by atoms with Crippen molar-refractivity contribution in [3.8, 4) is 0 Å². The second kappa shape index (κ2) is 7.12. The predicted octanol–water partition coefficient (Wildman–Crippen LogP) is 4.87. The number of halogens is 1. The van der Waals surface area contributed by atoms with Crippen LogP contribution in [-0.4, -0.2) is 28.6 Å². The number of benzene rings is 1. The highest BCUT2D eigenvalue weighted by Crippen LogP contribution is 2.29. The van der Waals surface area contributed by atoms with Crippen molar-refractivity contribution in [2.24, 2.45) is 0 Å². The number of para-hydroxylation sites is 1. The topological polar surface area (TPSA) is 33.2 Å². The van der Waals surface area contributed by atoms with E-state index in [1.54, 1.807) is 27.6 Å². The molecule has 0 N–H and O–H groups in total. The minimum Gasteiger partial charge on any atom is -0.340 e. The van der Waals surface area contributed by atoms with Gasteiger partial charge in [0.25, 0.3) is 0 Å². The minimum absolute atomic E-state index is 0.119. The van der Waals surface area contributed by atoms with Crippen LogP contribution in [-0.2, 0) is 11.3 Å². The van der Waals surface area contributed by atoms with Gasteiger partial charge in [0.1, 0.15) is 0 Å². The Kier molecular flexibility index (Phi) is 5.18. The SMILES string of the molecule is CN(Cc1cc(Br)cs1)C(=O)CSc1nc2ccccc2s1. The molecule has 0 aliphatic rings. The Hall–Kier alpha value is -0.890. The molecular weight excluding hydrogens is 400 g/mol. The Labute approximate surface area is 149 Å². The standard InChI is InChI=1S/C15H13BrN2OS3/c1-18(7-11-6-10(16)8-20-11)14(19)9-21-15-17-12-4-2-3-5-13(12)22-15/h2-6,8H,7,9H2,1H3. The van der Waals surface area contributed by atoms with Crippen LogP contribution in [0.2, 0.25) is 0 Å². The molecule has 0 saturated carbocycles. The first-order valence-electron chi connectivity index (χ1n) is 6.57. The number of fused-ring (bicyclic) bond motifs is 1. The lowest BCUT2D eigenvalue weighted by Crippen LogP contribution is -2.27. The van der Waals surface area contributed by atoms with E-state index < -0.39 is 0 Å². The lowest BCUT2D eigenvalue weighted by atomic mass is 10.3. The van der Waals surface area contributed by atoms with Crippen molar-refractivity contribution >= 4 is 66.5 Å². The van der Waals surface area contributed by atoms with Gasteiger partial charge in [-0.05, 0) is 34.1 Å². The average Bonchev–Trinajstić information content (AvgIpc) is 3.10. The van der Waals surface area contributed by atoms with Gasteiger partial charge in [0, 0.05) is 21.8 Å². The van der Waals surface area contributed by atoms with Gasteiger partial charge in [-0.25, -0.2) is 4.98 Å². The Morgan fingerprint density at radius 3 is 2.95 bits per heavy atom. The molecule has 7 heteroatoms. The maximum atomic E-state index is 12.2. The molecule has 0 aliphatic heterocycles. The highest BCUT2D eigenvalue weighted by Gasteiger charge is 2.12. The van der Waals surface area contributed by atoms with Crippen LogP contribution < -0.4 is 0 Å². The van der Waals surface area contributed by atoms with Gasteiger partial charge in [0.2, 0.25) is 5.91 Å². The molecule has 3 rings (SSSR count). The molecule has 0 atom stereocenters. The number of aromatic nitrogens is 1. The van der Waals surface area contributed by atoms with Crippen molar-refractivity contribution in [3.05, 3.63) is 45.1 Å². The molecule has 22 heavy (non-hydrogen) atoms. The fourth-order valence-corrected chi connectivity index (χ4v) is 5.42. The molecule has 0 spiro atoms.